The number of hydrogen-bond acceptors (Lipinski definition) is 4. The zero-order valence-electron chi connectivity index (χ0n) is 18.9. The fraction of sp³-hybridized carbons (Fsp3) is 0.960. The summed E-state index contributed by atoms with van der Waals surface area (Å²) < 4.78 is 4.86. The third-order valence-corrected chi connectivity index (χ3v) is 10.4. The minimum atomic E-state index is -0.211. The van der Waals surface area contributed by atoms with Crippen molar-refractivity contribution in [3.8, 4) is 0 Å². The van der Waals surface area contributed by atoms with E-state index in [2.05, 4.69) is 20.8 Å². The van der Waals surface area contributed by atoms with Crippen molar-refractivity contribution in [2.75, 3.05) is 7.11 Å². The Bertz CT molecular complexity index is 620. The highest BCUT2D eigenvalue weighted by atomic mass is 16.5. The van der Waals surface area contributed by atoms with Crippen molar-refractivity contribution in [2.24, 2.45) is 46.3 Å². The summed E-state index contributed by atoms with van der Waals surface area (Å²) in [7, 11) is 1.48. The van der Waals surface area contributed by atoms with Crippen LogP contribution in [-0.2, 0) is 9.53 Å². The van der Waals surface area contributed by atoms with Crippen LogP contribution in [0.3, 0.4) is 0 Å². The number of carbonyl (C=O) groups excluding carboxylic acids is 1. The first kappa shape index (κ1) is 21.6. The topological polar surface area (TPSA) is 66.8 Å². The van der Waals surface area contributed by atoms with Gasteiger partial charge >= 0.3 is 5.97 Å². The highest BCUT2D eigenvalue weighted by Crippen LogP contribution is 2.68. The molecular formula is C25H42O4. The first-order valence-electron chi connectivity index (χ1n) is 12.1. The molecule has 4 aliphatic carbocycles. The first-order valence-corrected chi connectivity index (χ1v) is 12.1. The van der Waals surface area contributed by atoms with E-state index in [1.54, 1.807) is 0 Å². The van der Waals surface area contributed by atoms with Crippen molar-refractivity contribution in [2.45, 2.75) is 97.2 Å². The summed E-state index contributed by atoms with van der Waals surface area (Å²) in [5.41, 5.74) is 0.577. The Morgan fingerprint density at radius 3 is 2.45 bits per heavy atom. The Balaban J connectivity index is 1.53. The number of carbonyl (C=O) groups is 1. The molecule has 4 saturated carbocycles. The van der Waals surface area contributed by atoms with E-state index in [9.17, 15) is 15.0 Å². The van der Waals surface area contributed by atoms with Crippen LogP contribution >= 0.6 is 0 Å². The molecule has 0 heterocycles. The van der Waals surface area contributed by atoms with Gasteiger partial charge in [0.05, 0.1) is 19.3 Å². The predicted octanol–water partition coefficient (Wildman–Crippen LogP) is 4.57. The van der Waals surface area contributed by atoms with Gasteiger partial charge in [0.25, 0.3) is 0 Å². The SMILES string of the molecule is COC(=O)CC[C@@H](C)[C@H]1CC[C@H]2C3[C@@H](O)CC4C[C@H](O)CC[C@]4(C)[C@H]3CC[C@]12C. The van der Waals surface area contributed by atoms with Crippen LogP contribution in [0.2, 0.25) is 0 Å². The fourth-order valence-electron chi connectivity index (χ4n) is 8.82. The molecule has 4 fully saturated rings. The second-order valence-corrected chi connectivity index (χ2v) is 11.5. The lowest BCUT2D eigenvalue weighted by Gasteiger charge is -2.62. The fourth-order valence-corrected chi connectivity index (χ4v) is 8.82. The van der Waals surface area contributed by atoms with E-state index < -0.39 is 0 Å². The summed E-state index contributed by atoms with van der Waals surface area (Å²) in [5.74, 6) is 3.17. The molecule has 4 aliphatic rings. The van der Waals surface area contributed by atoms with Crippen LogP contribution < -0.4 is 0 Å². The Hall–Kier alpha value is -0.610. The molecule has 0 spiro atoms. The summed E-state index contributed by atoms with van der Waals surface area (Å²) in [6.45, 7) is 7.29. The van der Waals surface area contributed by atoms with Crippen LogP contribution in [0.4, 0.5) is 0 Å². The maximum atomic E-state index is 11.6. The number of hydrogen-bond donors (Lipinski definition) is 2. The molecular weight excluding hydrogens is 364 g/mol. The maximum absolute atomic E-state index is 11.6. The Labute approximate surface area is 176 Å². The Morgan fingerprint density at radius 1 is 1.03 bits per heavy atom. The van der Waals surface area contributed by atoms with E-state index in [4.69, 9.17) is 4.74 Å². The van der Waals surface area contributed by atoms with Crippen molar-refractivity contribution in [1.29, 1.82) is 0 Å². The molecule has 4 rings (SSSR count). The van der Waals surface area contributed by atoms with Crippen LogP contribution in [0.25, 0.3) is 0 Å². The molecule has 166 valence electrons. The van der Waals surface area contributed by atoms with Crippen LogP contribution in [0, 0.1) is 46.3 Å². The number of aliphatic hydroxyl groups excluding tert-OH is 2. The van der Waals surface area contributed by atoms with Crippen LogP contribution in [0.5, 0.6) is 0 Å². The van der Waals surface area contributed by atoms with Gasteiger partial charge in [-0.05, 0) is 104 Å². The molecule has 4 nitrogen and oxygen atoms in total. The largest absolute Gasteiger partial charge is 0.469 e. The maximum Gasteiger partial charge on any atom is 0.305 e. The van der Waals surface area contributed by atoms with Gasteiger partial charge in [0.1, 0.15) is 0 Å². The third kappa shape index (κ3) is 3.46. The lowest BCUT2D eigenvalue weighted by Crippen LogP contribution is -2.58. The number of esters is 1. The molecule has 0 aromatic heterocycles. The van der Waals surface area contributed by atoms with Gasteiger partial charge in [0.2, 0.25) is 0 Å². The molecule has 2 N–H and O–H groups in total. The van der Waals surface area contributed by atoms with Crippen molar-refractivity contribution in [1.82, 2.24) is 0 Å². The molecule has 2 unspecified atom stereocenters. The Morgan fingerprint density at radius 2 is 1.72 bits per heavy atom. The van der Waals surface area contributed by atoms with Gasteiger partial charge in [-0.2, -0.15) is 0 Å². The van der Waals surface area contributed by atoms with Gasteiger partial charge in [-0.15, -0.1) is 0 Å². The van der Waals surface area contributed by atoms with E-state index in [-0.39, 0.29) is 23.6 Å². The average Bonchev–Trinajstić information content (AvgIpc) is 3.04. The van der Waals surface area contributed by atoms with Crippen molar-refractivity contribution >= 4 is 5.97 Å². The van der Waals surface area contributed by atoms with Gasteiger partial charge in [0, 0.05) is 6.42 Å². The quantitative estimate of drug-likeness (QED) is 0.671. The molecule has 29 heavy (non-hydrogen) atoms. The highest BCUT2D eigenvalue weighted by Gasteiger charge is 2.62. The van der Waals surface area contributed by atoms with Crippen LogP contribution in [-0.4, -0.2) is 35.5 Å². The normalized spacial score (nSPS) is 50.2. The smallest absolute Gasteiger partial charge is 0.305 e. The zero-order chi connectivity index (χ0) is 21.0. The van der Waals surface area contributed by atoms with Gasteiger partial charge < -0.3 is 14.9 Å². The van der Waals surface area contributed by atoms with E-state index in [0.717, 1.165) is 32.1 Å². The summed E-state index contributed by atoms with van der Waals surface area (Å²) >= 11 is 0. The van der Waals surface area contributed by atoms with Gasteiger partial charge in [-0.3, -0.25) is 4.79 Å². The molecule has 0 saturated heterocycles. The summed E-state index contributed by atoms with van der Waals surface area (Å²) in [6.07, 6.45) is 9.80. The van der Waals surface area contributed by atoms with Crippen LogP contribution in [0.15, 0.2) is 0 Å². The number of fused-ring (bicyclic) bond motifs is 5. The number of ether oxygens (including phenoxy) is 1. The number of methoxy groups -OCH3 is 1. The second kappa shape index (κ2) is 7.82. The summed E-state index contributed by atoms with van der Waals surface area (Å²) in [6, 6.07) is 0. The van der Waals surface area contributed by atoms with E-state index in [0.29, 0.717) is 47.3 Å². The standard InChI is InChI=1S/C25H42O4/c1-15(5-8-22(28)29-4)18-6-7-19-23-20(10-12-25(18,19)3)24(2)11-9-17(26)13-16(24)14-21(23)27/h15-21,23,26-27H,5-14H2,1-4H3/t15-,16?,17-,18-,19+,20+,21+,23?,24+,25-/m1/s1. The molecule has 10 atom stereocenters. The van der Waals surface area contributed by atoms with Crippen LogP contribution in [0.1, 0.15) is 85.0 Å². The molecule has 0 amide bonds. The van der Waals surface area contributed by atoms with Gasteiger partial charge in [0.15, 0.2) is 0 Å². The second-order valence-electron chi connectivity index (χ2n) is 11.5. The average molecular weight is 407 g/mol. The van der Waals surface area contributed by atoms with E-state index in [1.807, 2.05) is 0 Å². The first-order chi connectivity index (χ1) is 13.7. The molecule has 0 aromatic carbocycles. The molecule has 0 bridgehead atoms. The molecule has 0 aliphatic heterocycles. The van der Waals surface area contributed by atoms with Crippen molar-refractivity contribution in [3.63, 3.8) is 0 Å². The predicted molar refractivity (Wildman–Crippen MR) is 113 cm³/mol. The molecule has 0 radical (unpaired) electrons. The highest BCUT2D eigenvalue weighted by molar-refractivity contribution is 5.69. The molecule has 4 heteroatoms. The van der Waals surface area contributed by atoms with Gasteiger partial charge in [-0.25, -0.2) is 0 Å². The lowest BCUT2D eigenvalue weighted by atomic mass is 9.43. The number of aliphatic hydroxyl groups is 2. The van der Waals surface area contributed by atoms with E-state index in [1.165, 1.54) is 32.8 Å². The van der Waals surface area contributed by atoms with Crippen molar-refractivity contribution < 1.29 is 19.7 Å². The Kier molecular flexibility index (Phi) is 5.83. The number of rotatable bonds is 4. The molecule has 0 aromatic rings. The van der Waals surface area contributed by atoms with E-state index >= 15 is 0 Å². The minimum absolute atomic E-state index is 0.0959. The summed E-state index contributed by atoms with van der Waals surface area (Å²) in [4.78, 5) is 11.6. The lowest BCUT2D eigenvalue weighted by molar-refractivity contribution is -0.174. The monoisotopic (exact) mass is 406 g/mol. The third-order valence-electron chi connectivity index (χ3n) is 10.4. The summed E-state index contributed by atoms with van der Waals surface area (Å²) in [5, 5.41) is 21.5. The van der Waals surface area contributed by atoms with Gasteiger partial charge in [-0.1, -0.05) is 20.8 Å². The minimum Gasteiger partial charge on any atom is -0.469 e. The zero-order valence-corrected chi connectivity index (χ0v) is 18.9. The van der Waals surface area contributed by atoms with Crippen molar-refractivity contribution in [3.05, 3.63) is 0 Å².